The van der Waals surface area contributed by atoms with E-state index in [1.165, 1.54) is 0 Å². The predicted octanol–water partition coefficient (Wildman–Crippen LogP) is 3.02. The first-order valence-corrected chi connectivity index (χ1v) is 7.23. The molecule has 2 rings (SSSR count). The minimum atomic E-state index is -0.806. The van der Waals surface area contributed by atoms with Gasteiger partial charge in [0.25, 0.3) is 5.91 Å². The number of nitrogens with zero attached hydrogens (tertiary/aromatic N) is 1. The molecular formula is C15H18ClNO3. The molecule has 20 heavy (non-hydrogen) atoms. The summed E-state index contributed by atoms with van der Waals surface area (Å²) in [5.41, 5.74) is 0.297. The Morgan fingerprint density at radius 1 is 1.35 bits per heavy atom. The van der Waals surface area contributed by atoms with Gasteiger partial charge in [-0.15, -0.1) is 11.6 Å². The van der Waals surface area contributed by atoms with Crippen molar-refractivity contribution >= 4 is 29.0 Å². The zero-order valence-electron chi connectivity index (χ0n) is 11.9. The molecule has 108 valence electrons. The number of hydrogen-bond acceptors (Lipinski definition) is 3. The summed E-state index contributed by atoms with van der Waals surface area (Å²) in [6.07, 6.45) is 1.21. The number of ketones is 1. The zero-order valence-corrected chi connectivity index (χ0v) is 12.7. The third kappa shape index (κ3) is 2.18. The third-order valence-electron chi connectivity index (χ3n) is 3.91. The van der Waals surface area contributed by atoms with Crippen LogP contribution in [-0.2, 0) is 4.79 Å². The topological polar surface area (TPSA) is 46.6 Å². The number of halogens is 1. The van der Waals surface area contributed by atoms with Gasteiger partial charge in [-0.1, -0.05) is 13.8 Å². The van der Waals surface area contributed by atoms with Gasteiger partial charge in [-0.2, -0.15) is 0 Å². The minimum absolute atomic E-state index is 0.0782. The number of likely N-dealkylation sites (N-methyl/N-ethyl adjacent to an activating group) is 1. The van der Waals surface area contributed by atoms with Gasteiger partial charge >= 0.3 is 0 Å². The number of anilines is 1. The van der Waals surface area contributed by atoms with Crippen LogP contribution in [0.15, 0.2) is 18.2 Å². The zero-order chi connectivity index (χ0) is 14.9. The highest BCUT2D eigenvalue weighted by Crippen LogP contribution is 2.40. The van der Waals surface area contributed by atoms with Gasteiger partial charge in [-0.05, 0) is 31.0 Å². The van der Waals surface area contributed by atoms with Gasteiger partial charge < -0.3 is 9.64 Å². The molecule has 1 aliphatic rings. The van der Waals surface area contributed by atoms with E-state index < -0.39 is 5.60 Å². The second-order valence-corrected chi connectivity index (χ2v) is 5.17. The molecule has 0 radical (unpaired) electrons. The van der Waals surface area contributed by atoms with Crippen LogP contribution in [0, 0.1) is 0 Å². The van der Waals surface area contributed by atoms with Crippen molar-refractivity contribution in [3.63, 3.8) is 0 Å². The van der Waals surface area contributed by atoms with Crippen LogP contribution >= 0.6 is 11.6 Å². The third-order valence-corrected chi connectivity index (χ3v) is 4.15. The van der Waals surface area contributed by atoms with E-state index in [4.69, 9.17) is 16.3 Å². The van der Waals surface area contributed by atoms with E-state index in [0.29, 0.717) is 29.8 Å². The number of fused-ring (bicyclic) bond motifs is 1. The highest BCUT2D eigenvalue weighted by atomic mass is 35.5. The van der Waals surface area contributed by atoms with Crippen molar-refractivity contribution in [2.45, 2.75) is 32.3 Å². The number of amides is 1. The molecule has 0 saturated heterocycles. The highest BCUT2D eigenvalue weighted by Gasteiger charge is 2.44. The lowest BCUT2D eigenvalue weighted by Gasteiger charge is -2.40. The lowest BCUT2D eigenvalue weighted by atomic mass is 9.92. The van der Waals surface area contributed by atoms with Crippen molar-refractivity contribution in [3.05, 3.63) is 23.8 Å². The van der Waals surface area contributed by atoms with Gasteiger partial charge in [0.1, 0.15) is 5.75 Å². The van der Waals surface area contributed by atoms with Crippen LogP contribution < -0.4 is 9.64 Å². The Bertz CT molecular complexity index is 552. The molecule has 5 heteroatoms. The number of ether oxygens (including phenoxy) is 1. The molecule has 4 nitrogen and oxygen atoms in total. The fourth-order valence-electron chi connectivity index (χ4n) is 2.48. The first-order valence-electron chi connectivity index (χ1n) is 6.69. The molecule has 0 bridgehead atoms. The second-order valence-electron chi connectivity index (χ2n) is 4.91. The van der Waals surface area contributed by atoms with Gasteiger partial charge in [-0.25, -0.2) is 0 Å². The summed E-state index contributed by atoms with van der Waals surface area (Å²) in [7, 11) is 1.71. The molecule has 0 N–H and O–H groups in total. The Kier molecular flexibility index (Phi) is 4.04. The van der Waals surface area contributed by atoms with Gasteiger partial charge in [0, 0.05) is 12.6 Å². The molecule has 0 spiro atoms. The van der Waals surface area contributed by atoms with E-state index in [1.807, 2.05) is 13.8 Å². The Labute approximate surface area is 123 Å². The van der Waals surface area contributed by atoms with Crippen LogP contribution in [0.5, 0.6) is 5.75 Å². The largest absolute Gasteiger partial charge is 0.475 e. The Balaban J connectivity index is 2.49. The Hall–Kier alpha value is -1.55. The van der Waals surface area contributed by atoms with Gasteiger partial charge in [0.2, 0.25) is 0 Å². The smallest absolute Gasteiger partial charge is 0.270 e. The van der Waals surface area contributed by atoms with Crippen LogP contribution in [0.4, 0.5) is 5.69 Å². The van der Waals surface area contributed by atoms with Gasteiger partial charge in [0.05, 0.1) is 11.6 Å². The molecule has 0 fully saturated rings. The molecule has 0 aromatic heterocycles. The maximum atomic E-state index is 12.5. The molecule has 0 unspecified atom stereocenters. The number of hydrogen-bond donors (Lipinski definition) is 0. The van der Waals surface area contributed by atoms with Gasteiger partial charge in [-0.3, -0.25) is 9.59 Å². The average molecular weight is 296 g/mol. The first-order chi connectivity index (χ1) is 9.49. The molecule has 1 aliphatic heterocycles. The number of carbonyl (C=O) groups excluding carboxylic acids is 2. The average Bonchev–Trinajstić information content (AvgIpc) is 2.50. The van der Waals surface area contributed by atoms with Crippen LogP contribution in [0.3, 0.4) is 0 Å². The van der Waals surface area contributed by atoms with Crippen molar-refractivity contribution in [1.82, 2.24) is 0 Å². The number of carbonyl (C=O) groups is 2. The van der Waals surface area contributed by atoms with E-state index in [1.54, 1.807) is 30.1 Å². The lowest BCUT2D eigenvalue weighted by Crippen LogP contribution is -2.54. The first kappa shape index (κ1) is 14.9. The van der Waals surface area contributed by atoms with Gasteiger partial charge in [0.15, 0.2) is 11.4 Å². The summed E-state index contributed by atoms with van der Waals surface area (Å²) < 4.78 is 5.93. The predicted molar refractivity (Wildman–Crippen MR) is 78.8 cm³/mol. The number of rotatable bonds is 4. The monoisotopic (exact) mass is 295 g/mol. The fraction of sp³-hybridized carbons (Fsp3) is 0.467. The standard InChI is InChI=1S/C15H18ClNO3/c1-4-15(5-2)14(19)17(3)11-8-10(12(18)9-16)6-7-13(11)20-15/h6-8H,4-5,9H2,1-3H3. The maximum absolute atomic E-state index is 12.5. The van der Waals surface area contributed by atoms with Crippen LogP contribution in [-0.4, -0.2) is 30.2 Å². The van der Waals surface area contributed by atoms with Crippen molar-refractivity contribution in [1.29, 1.82) is 0 Å². The van der Waals surface area contributed by atoms with Crippen molar-refractivity contribution in [3.8, 4) is 5.75 Å². The number of benzene rings is 1. The van der Waals surface area contributed by atoms with Crippen LogP contribution in [0.25, 0.3) is 0 Å². The summed E-state index contributed by atoms with van der Waals surface area (Å²) in [4.78, 5) is 25.7. The summed E-state index contributed by atoms with van der Waals surface area (Å²) in [5, 5.41) is 0. The SMILES string of the molecule is CCC1(CC)Oc2ccc(C(=O)CCl)cc2N(C)C1=O. The summed E-state index contributed by atoms with van der Waals surface area (Å²) in [6, 6.07) is 5.08. The van der Waals surface area contributed by atoms with E-state index in [-0.39, 0.29) is 17.6 Å². The molecule has 1 amide bonds. The molecule has 0 aliphatic carbocycles. The van der Waals surface area contributed by atoms with E-state index in [0.717, 1.165) is 0 Å². The second kappa shape index (κ2) is 5.44. The Morgan fingerprint density at radius 3 is 2.55 bits per heavy atom. The quantitative estimate of drug-likeness (QED) is 0.633. The van der Waals surface area contributed by atoms with Crippen molar-refractivity contribution in [2.75, 3.05) is 17.8 Å². The van der Waals surface area contributed by atoms with E-state index >= 15 is 0 Å². The summed E-state index contributed by atoms with van der Waals surface area (Å²) >= 11 is 5.56. The Morgan fingerprint density at radius 2 is 2.00 bits per heavy atom. The summed E-state index contributed by atoms with van der Waals surface area (Å²) in [5.74, 6) is 0.302. The normalized spacial score (nSPS) is 16.6. The van der Waals surface area contributed by atoms with Crippen LogP contribution in [0.2, 0.25) is 0 Å². The van der Waals surface area contributed by atoms with Crippen molar-refractivity contribution < 1.29 is 14.3 Å². The molecular weight excluding hydrogens is 278 g/mol. The van der Waals surface area contributed by atoms with E-state index in [2.05, 4.69) is 0 Å². The molecule has 0 saturated carbocycles. The van der Waals surface area contributed by atoms with Crippen molar-refractivity contribution in [2.24, 2.45) is 0 Å². The summed E-state index contributed by atoms with van der Waals surface area (Å²) in [6.45, 7) is 3.87. The van der Waals surface area contributed by atoms with E-state index in [9.17, 15) is 9.59 Å². The number of Topliss-reactive ketones (excluding diaryl/α,β-unsaturated/α-hetero) is 1. The van der Waals surface area contributed by atoms with Crippen LogP contribution in [0.1, 0.15) is 37.0 Å². The molecule has 1 heterocycles. The molecule has 1 aromatic carbocycles. The number of alkyl halides is 1. The highest BCUT2D eigenvalue weighted by molar-refractivity contribution is 6.30. The maximum Gasteiger partial charge on any atom is 0.270 e. The molecule has 0 atom stereocenters. The fourth-order valence-corrected chi connectivity index (χ4v) is 2.64. The lowest BCUT2D eigenvalue weighted by molar-refractivity contribution is -0.135. The minimum Gasteiger partial charge on any atom is -0.475 e. The molecule has 1 aromatic rings.